The molecule has 1 nitrogen and oxygen atoms in total. The van der Waals surface area contributed by atoms with Gasteiger partial charge in [0.1, 0.15) is 5.82 Å². The van der Waals surface area contributed by atoms with Crippen LogP contribution in [0.25, 0.3) is 0 Å². The van der Waals surface area contributed by atoms with Crippen LogP contribution in [0.3, 0.4) is 0 Å². The highest BCUT2D eigenvalue weighted by atomic mass is 79.9. The summed E-state index contributed by atoms with van der Waals surface area (Å²) in [4.78, 5) is 0. The van der Waals surface area contributed by atoms with E-state index in [4.69, 9.17) is 5.73 Å². The Morgan fingerprint density at radius 1 is 1.21 bits per heavy atom. The van der Waals surface area contributed by atoms with Gasteiger partial charge in [0.25, 0.3) is 0 Å². The molecule has 2 N–H and O–H groups in total. The van der Waals surface area contributed by atoms with Crippen molar-refractivity contribution in [2.24, 2.45) is 5.73 Å². The van der Waals surface area contributed by atoms with Gasteiger partial charge in [0, 0.05) is 10.4 Å². The predicted molar refractivity (Wildman–Crippen MR) is 80.8 cm³/mol. The SMILES string of the molecule is Cc1ccc(F)cc1CC(CN)c1ccccc1Br. The Morgan fingerprint density at radius 2 is 1.95 bits per heavy atom. The minimum absolute atomic E-state index is 0.191. The summed E-state index contributed by atoms with van der Waals surface area (Å²) in [6, 6.07) is 13.0. The van der Waals surface area contributed by atoms with Gasteiger partial charge in [0.15, 0.2) is 0 Å². The second-order valence-corrected chi connectivity index (χ2v) is 5.58. The third kappa shape index (κ3) is 3.43. The molecule has 0 amide bonds. The Morgan fingerprint density at radius 3 is 2.63 bits per heavy atom. The minimum Gasteiger partial charge on any atom is -0.330 e. The molecule has 2 aromatic rings. The van der Waals surface area contributed by atoms with Crippen molar-refractivity contribution in [1.29, 1.82) is 0 Å². The number of benzene rings is 2. The van der Waals surface area contributed by atoms with Gasteiger partial charge in [-0.1, -0.05) is 40.2 Å². The smallest absolute Gasteiger partial charge is 0.123 e. The summed E-state index contributed by atoms with van der Waals surface area (Å²) in [6.07, 6.45) is 0.753. The molecule has 1 unspecified atom stereocenters. The molecule has 0 spiro atoms. The lowest BCUT2D eigenvalue weighted by molar-refractivity contribution is 0.619. The molecule has 0 aliphatic carbocycles. The Hall–Kier alpha value is -1.19. The number of nitrogens with two attached hydrogens (primary N) is 1. The van der Waals surface area contributed by atoms with E-state index in [9.17, 15) is 4.39 Å². The molecule has 0 saturated carbocycles. The third-order valence-electron chi connectivity index (χ3n) is 3.41. The quantitative estimate of drug-likeness (QED) is 0.898. The van der Waals surface area contributed by atoms with Crippen LogP contribution in [0.5, 0.6) is 0 Å². The molecule has 3 heteroatoms. The average Bonchev–Trinajstić information content (AvgIpc) is 2.41. The van der Waals surface area contributed by atoms with Crippen molar-refractivity contribution in [3.8, 4) is 0 Å². The van der Waals surface area contributed by atoms with Gasteiger partial charge in [0.2, 0.25) is 0 Å². The standard InChI is InChI=1S/C16H17BrFN/c1-11-6-7-14(18)9-12(11)8-13(10-19)15-4-2-3-5-16(15)17/h2-7,9,13H,8,10,19H2,1H3. The van der Waals surface area contributed by atoms with Crippen molar-refractivity contribution in [1.82, 2.24) is 0 Å². The van der Waals surface area contributed by atoms with Crippen LogP contribution >= 0.6 is 15.9 Å². The van der Waals surface area contributed by atoms with Crippen molar-refractivity contribution < 1.29 is 4.39 Å². The van der Waals surface area contributed by atoms with Crippen molar-refractivity contribution in [2.75, 3.05) is 6.54 Å². The number of aryl methyl sites for hydroxylation is 1. The first-order valence-electron chi connectivity index (χ1n) is 6.31. The van der Waals surface area contributed by atoms with Crippen LogP contribution in [0.2, 0.25) is 0 Å². The van der Waals surface area contributed by atoms with E-state index in [-0.39, 0.29) is 11.7 Å². The number of rotatable bonds is 4. The van der Waals surface area contributed by atoms with Crippen LogP contribution in [0.4, 0.5) is 4.39 Å². The maximum absolute atomic E-state index is 13.3. The first-order chi connectivity index (χ1) is 9.11. The molecule has 0 fully saturated rings. The lowest BCUT2D eigenvalue weighted by Crippen LogP contribution is -2.16. The van der Waals surface area contributed by atoms with E-state index in [0.29, 0.717) is 6.54 Å². The second-order valence-electron chi connectivity index (χ2n) is 4.73. The molecule has 0 aliphatic rings. The number of hydrogen-bond acceptors (Lipinski definition) is 1. The summed E-state index contributed by atoms with van der Waals surface area (Å²) in [5, 5.41) is 0. The molecule has 2 rings (SSSR count). The fraction of sp³-hybridized carbons (Fsp3) is 0.250. The zero-order chi connectivity index (χ0) is 13.8. The summed E-state index contributed by atoms with van der Waals surface area (Å²) in [7, 11) is 0. The maximum Gasteiger partial charge on any atom is 0.123 e. The highest BCUT2D eigenvalue weighted by Gasteiger charge is 2.14. The summed E-state index contributed by atoms with van der Waals surface area (Å²) in [5.41, 5.74) is 9.19. The Labute approximate surface area is 121 Å². The Bertz CT molecular complexity index is 568. The fourth-order valence-corrected chi connectivity index (χ4v) is 2.86. The Balaban J connectivity index is 2.29. The van der Waals surface area contributed by atoms with E-state index >= 15 is 0 Å². The molecule has 1 atom stereocenters. The molecule has 0 radical (unpaired) electrons. The molecule has 2 aromatic carbocycles. The van der Waals surface area contributed by atoms with Crippen LogP contribution in [0, 0.1) is 12.7 Å². The van der Waals surface area contributed by atoms with Crippen LogP contribution in [0.15, 0.2) is 46.9 Å². The molecule has 0 bridgehead atoms. The zero-order valence-electron chi connectivity index (χ0n) is 10.9. The minimum atomic E-state index is -0.191. The van der Waals surface area contributed by atoms with E-state index in [1.165, 1.54) is 11.6 Å². The largest absolute Gasteiger partial charge is 0.330 e. The molecule has 100 valence electrons. The fourth-order valence-electron chi connectivity index (χ4n) is 2.25. The van der Waals surface area contributed by atoms with Crippen molar-refractivity contribution in [3.63, 3.8) is 0 Å². The van der Waals surface area contributed by atoms with E-state index in [2.05, 4.69) is 22.0 Å². The zero-order valence-corrected chi connectivity index (χ0v) is 12.5. The third-order valence-corrected chi connectivity index (χ3v) is 4.13. The van der Waals surface area contributed by atoms with Gasteiger partial charge in [-0.15, -0.1) is 0 Å². The van der Waals surface area contributed by atoms with E-state index in [1.54, 1.807) is 6.07 Å². The van der Waals surface area contributed by atoms with Crippen LogP contribution in [0.1, 0.15) is 22.6 Å². The predicted octanol–water partition coefficient (Wildman–Crippen LogP) is 4.18. The van der Waals surface area contributed by atoms with Crippen molar-refractivity contribution in [3.05, 3.63) is 69.4 Å². The molecular weight excluding hydrogens is 305 g/mol. The topological polar surface area (TPSA) is 26.0 Å². The molecule has 0 aromatic heterocycles. The van der Waals surface area contributed by atoms with E-state index < -0.39 is 0 Å². The molecule has 0 aliphatic heterocycles. The van der Waals surface area contributed by atoms with Gasteiger partial charge >= 0.3 is 0 Å². The molecule has 19 heavy (non-hydrogen) atoms. The highest BCUT2D eigenvalue weighted by Crippen LogP contribution is 2.28. The van der Waals surface area contributed by atoms with Crippen molar-refractivity contribution >= 4 is 15.9 Å². The highest BCUT2D eigenvalue weighted by molar-refractivity contribution is 9.10. The van der Waals surface area contributed by atoms with Gasteiger partial charge in [0.05, 0.1) is 0 Å². The first kappa shape index (κ1) is 14.2. The Kier molecular flexibility index (Phi) is 4.72. The summed E-state index contributed by atoms with van der Waals surface area (Å²) in [6.45, 7) is 2.54. The summed E-state index contributed by atoms with van der Waals surface area (Å²) < 4.78 is 14.4. The lowest BCUT2D eigenvalue weighted by Gasteiger charge is -2.18. The van der Waals surface area contributed by atoms with Gasteiger partial charge in [-0.2, -0.15) is 0 Å². The van der Waals surface area contributed by atoms with Gasteiger partial charge < -0.3 is 5.73 Å². The average molecular weight is 322 g/mol. The second kappa shape index (κ2) is 6.31. The maximum atomic E-state index is 13.3. The lowest BCUT2D eigenvalue weighted by atomic mass is 9.90. The van der Waals surface area contributed by atoms with Gasteiger partial charge in [-0.25, -0.2) is 4.39 Å². The first-order valence-corrected chi connectivity index (χ1v) is 7.10. The molecule has 0 heterocycles. The number of halogens is 2. The normalized spacial score (nSPS) is 12.4. The van der Waals surface area contributed by atoms with Crippen LogP contribution < -0.4 is 5.73 Å². The van der Waals surface area contributed by atoms with Gasteiger partial charge in [-0.05, 0) is 54.8 Å². The van der Waals surface area contributed by atoms with Gasteiger partial charge in [-0.3, -0.25) is 0 Å². The monoisotopic (exact) mass is 321 g/mol. The molecule has 0 saturated heterocycles. The van der Waals surface area contributed by atoms with Crippen molar-refractivity contribution in [2.45, 2.75) is 19.3 Å². The van der Waals surface area contributed by atoms with E-state index in [1.807, 2.05) is 31.2 Å². The van der Waals surface area contributed by atoms with E-state index in [0.717, 1.165) is 22.0 Å². The van der Waals surface area contributed by atoms with Crippen LogP contribution in [-0.4, -0.2) is 6.54 Å². The summed E-state index contributed by atoms with van der Waals surface area (Å²) in [5.74, 6) is -0.000395. The molecular formula is C16H17BrFN. The van der Waals surface area contributed by atoms with Crippen LogP contribution in [-0.2, 0) is 6.42 Å². The number of hydrogen-bond donors (Lipinski definition) is 1. The summed E-state index contributed by atoms with van der Waals surface area (Å²) >= 11 is 3.55.